The van der Waals surface area contributed by atoms with Gasteiger partial charge in [-0.2, -0.15) is 0 Å². The fourth-order valence-electron chi connectivity index (χ4n) is 4.36. The number of nitrogens with zero attached hydrogens (tertiary/aromatic N) is 1. The van der Waals surface area contributed by atoms with E-state index in [0.29, 0.717) is 24.8 Å². The lowest BCUT2D eigenvalue weighted by molar-refractivity contribution is 0.00222. The highest BCUT2D eigenvalue weighted by Gasteiger charge is 2.31. The fourth-order valence-corrected chi connectivity index (χ4v) is 4.36. The van der Waals surface area contributed by atoms with Crippen LogP contribution in [0.15, 0.2) is 24.3 Å². The van der Waals surface area contributed by atoms with E-state index in [9.17, 15) is 4.79 Å². The van der Waals surface area contributed by atoms with Crippen LogP contribution in [0.4, 0.5) is 10.5 Å². The molecule has 0 aromatic heterocycles. The Morgan fingerprint density at radius 3 is 2.83 bits per heavy atom. The molecule has 0 bridgehead atoms. The van der Waals surface area contributed by atoms with E-state index in [-0.39, 0.29) is 18.2 Å². The first-order valence-corrected chi connectivity index (χ1v) is 11.1. The average Bonchev–Trinajstić information content (AvgIpc) is 3.48. The summed E-state index contributed by atoms with van der Waals surface area (Å²) in [5.74, 6) is 1.18. The van der Waals surface area contributed by atoms with Crippen molar-refractivity contribution < 1.29 is 23.7 Å². The maximum atomic E-state index is 12.5. The van der Waals surface area contributed by atoms with Gasteiger partial charge in [-0.05, 0) is 31.4 Å². The van der Waals surface area contributed by atoms with E-state index in [1.54, 1.807) is 0 Å². The Kier molecular flexibility index (Phi) is 7.80. The molecule has 2 amide bonds. The van der Waals surface area contributed by atoms with Gasteiger partial charge in [-0.15, -0.1) is 0 Å². The molecule has 3 aliphatic heterocycles. The number of anilines is 1. The summed E-state index contributed by atoms with van der Waals surface area (Å²) in [5.41, 5.74) is 0.712. The van der Waals surface area contributed by atoms with Gasteiger partial charge in [-0.25, -0.2) is 4.79 Å². The van der Waals surface area contributed by atoms with Crippen LogP contribution in [0.5, 0.6) is 5.75 Å². The van der Waals surface area contributed by atoms with Crippen molar-refractivity contribution >= 4 is 11.7 Å². The van der Waals surface area contributed by atoms with Gasteiger partial charge in [0.25, 0.3) is 0 Å². The minimum atomic E-state index is -0.205. The summed E-state index contributed by atoms with van der Waals surface area (Å²) in [7, 11) is 0. The number of amides is 2. The first kappa shape index (κ1) is 21.4. The molecule has 8 nitrogen and oxygen atoms in total. The first-order chi connectivity index (χ1) is 14.8. The van der Waals surface area contributed by atoms with E-state index in [1.807, 2.05) is 24.3 Å². The molecule has 166 valence electrons. The quantitative estimate of drug-likeness (QED) is 0.672. The summed E-state index contributed by atoms with van der Waals surface area (Å²) < 4.78 is 22.5. The topological polar surface area (TPSA) is 81.3 Å². The fraction of sp³-hybridized carbons (Fsp3) is 0.682. The molecule has 3 saturated heterocycles. The average molecular weight is 420 g/mol. The Bertz CT molecular complexity index is 670. The van der Waals surface area contributed by atoms with E-state index in [1.165, 1.54) is 0 Å². The molecule has 1 aromatic rings. The van der Waals surface area contributed by atoms with Crippen LogP contribution in [0, 0.1) is 5.92 Å². The number of benzene rings is 1. The standard InChI is InChI=1S/C22H33N3O5/c26-22(23-14-21(17-6-10-28-15-17)25-7-11-27-12-8-25)24-18-3-1-4-19(13-18)30-16-20-5-2-9-29-20/h1,3-4,13,17,20-21H,2,5-12,14-16H2,(H2,23,24,26)/t17-,20+,21-/m1/s1. The molecular weight excluding hydrogens is 386 g/mol. The molecule has 3 atom stereocenters. The number of carbonyl (C=O) groups excluding carboxylic acids is 1. The number of carbonyl (C=O) groups is 1. The third-order valence-corrected chi connectivity index (χ3v) is 6.05. The van der Waals surface area contributed by atoms with Crippen LogP contribution < -0.4 is 15.4 Å². The van der Waals surface area contributed by atoms with Crippen LogP contribution in [-0.2, 0) is 14.2 Å². The zero-order valence-electron chi connectivity index (χ0n) is 17.5. The minimum Gasteiger partial charge on any atom is -0.491 e. The molecule has 2 N–H and O–H groups in total. The molecule has 0 spiro atoms. The largest absolute Gasteiger partial charge is 0.491 e. The van der Waals surface area contributed by atoms with Crippen molar-refractivity contribution in [2.75, 3.05) is 64.6 Å². The van der Waals surface area contributed by atoms with Crippen LogP contribution in [0.25, 0.3) is 0 Å². The molecule has 0 unspecified atom stereocenters. The van der Waals surface area contributed by atoms with Crippen LogP contribution in [0.2, 0.25) is 0 Å². The van der Waals surface area contributed by atoms with E-state index in [0.717, 1.165) is 71.1 Å². The van der Waals surface area contributed by atoms with Gasteiger partial charge in [-0.1, -0.05) is 6.07 Å². The van der Waals surface area contributed by atoms with E-state index < -0.39 is 0 Å². The molecule has 0 saturated carbocycles. The Morgan fingerprint density at radius 1 is 1.17 bits per heavy atom. The summed E-state index contributed by atoms with van der Waals surface area (Å²) in [6.07, 6.45) is 3.34. The predicted molar refractivity (Wildman–Crippen MR) is 113 cm³/mol. The Morgan fingerprint density at radius 2 is 2.07 bits per heavy atom. The molecule has 3 heterocycles. The van der Waals surface area contributed by atoms with E-state index in [4.69, 9.17) is 18.9 Å². The highest BCUT2D eigenvalue weighted by Crippen LogP contribution is 2.22. The Balaban J connectivity index is 1.27. The highest BCUT2D eigenvalue weighted by atomic mass is 16.5. The van der Waals surface area contributed by atoms with Crippen molar-refractivity contribution in [1.82, 2.24) is 10.2 Å². The van der Waals surface area contributed by atoms with Gasteiger partial charge in [0.05, 0.1) is 25.9 Å². The van der Waals surface area contributed by atoms with E-state index >= 15 is 0 Å². The zero-order chi connectivity index (χ0) is 20.6. The van der Waals surface area contributed by atoms with Gasteiger partial charge < -0.3 is 29.6 Å². The summed E-state index contributed by atoms with van der Waals surface area (Å²) in [6, 6.07) is 7.55. The number of urea groups is 1. The van der Waals surface area contributed by atoms with Crippen molar-refractivity contribution in [3.8, 4) is 5.75 Å². The number of nitrogens with one attached hydrogen (secondary N) is 2. The Hall–Kier alpha value is -1.87. The number of ether oxygens (including phenoxy) is 4. The molecule has 30 heavy (non-hydrogen) atoms. The zero-order valence-corrected chi connectivity index (χ0v) is 17.5. The first-order valence-electron chi connectivity index (χ1n) is 11.1. The molecular formula is C22H33N3O5. The van der Waals surface area contributed by atoms with Crippen LogP contribution in [0.3, 0.4) is 0 Å². The molecule has 0 radical (unpaired) electrons. The van der Waals surface area contributed by atoms with Crippen molar-refractivity contribution in [3.05, 3.63) is 24.3 Å². The highest BCUT2D eigenvalue weighted by molar-refractivity contribution is 5.89. The van der Waals surface area contributed by atoms with Crippen molar-refractivity contribution in [3.63, 3.8) is 0 Å². The van der Waals surface area contributed by atoms with Crippen molar-refractivity contribution in [2.45, 2.75) is 31.4 Å². The smallest absolute Gasteiger partial charge is 0.319 e. The maximum Gasteiger partial charge on any atom is 0.319 e. The molecule has 3 aliphatic rings. The molecule has 3 fully saturated rings. The second kappa shape index (κ2) is 10.9. The molecule has 4 rings (SSSR count). The van der Waals surface area contributed by atoms with Gasteiger partial charge in [0.2, 0.25) is 0 Å². The van der Waals surface area contributed by atoms with Gasteiger partial charge in [0.1, 0.15) is 12.4 Å². The summed E-state index contributed by atoms with van der Waals surface area (Å²) in [5, 5.41) is 5.98. The molecule has 1 aromatic carbocycles. The van der Waals surface area contributed by atoms with Gasteiger partial charge in [-0.3, -0.25) is 4.90 Å². The SMILES string of the molecule is O=C(NC[C@H]([C@@H]1CCOC1)N1CCOCC1)Nc1cccc(OC[C@@H]2CCCO2)c1. The van der Waals surface area contributed by atoms with Crippen LogP contribution >= 0.6 is 0 Å². The third-order valence-electron chi connectivity index (χ3n) is 6.05. The summed E-state index contributed by atoms with van der Waals surface area (Å²) in [4.78, 5) is 15.0. The predicted octanol–water partition coefficient (Wildman–Crippen LogP) is 2.10. The number of hydrogen-bond acceptors (Lipinski definition) is 6. The van der Waals surface area contributed by atoms with E-state index in [2.05, 4.69) is 15.5 Å². The van der Waals surface area contributed by atoms with Gasteiger partial charge in [0, 0.05) is 56.6 Å². The minimum absolute atomic E-state index is 0.168. The van der Waals surface area contributed by atoms with Gasteiger partial charge in [0.15, 0.2) is 0 Å². The Labute approximate surface area is 178 Å². The molecule has 0 aliphatic carbocycles. The number of rotatable bonds is 8. The van der Waals surface area contributed by atoms with Crippen LogP contribution in [0.1, 0.15) is 19.3 Å². The molecule has 8 heteroatoms. The van der Waals surface area contributed by atoms with Crippen molar-refractivity contribution in [2.24, 2.45) is 5.92 Å². The number of morpholine rings is 1. The van der Waals surface area contributed by atoms with Crippen molar-refractivity contribution in [1.29, 1.82) is 0 Å². The summed E-state index contributed by atoms with van der Waals surface area (Å²) in [6.45, 7) is 6.79. The second-order valence-electron chi connectivity index (χ2n) is 8.15. The lowest BCUT2D eigenvalue weighted by Gasteiger charge is -2.37. The summed E-state index contributed by atoms with van der Waals surface area (Å²) >= 11 is 0. The maximum absolute atomic E-state index is 12.5. The lowest BCUT2D eigenvalue weighted by atomic mass is 9.97. The monoisotopic (exact) mass is 419 g/mol. The second-order valence-corrected chi connectivity index (χ2v) is 8.15. The lowest BCUT2D eigenvalue weighted by Crippen LogP contribution is -2.52. The number of hydrogen-bond donors (Lipinski definition) is 2. The van der Waals surface area contributed by atoms with Gasteiger partial charge >= 0.3 is 6.03 Å². The third kappa shape index (κ3) is 6.07. The normalized spacial score (nSPS) is 25.7. The van der Waals surface area contributed by atoms with Crippen LogP contribution in [-0.4, -0.2) is 82.4 Å².